The Morgan fingerprint density at radius 3 is 2.59 bits per heavy atom. The Labute approximate surface area is 162 Å². The van der Waals surface area contributed by atoms with Crippen LogP contribution in [0.1, 0.15) is 19.7 Å². The van der Waals surface area contributed by atoms with Gasteiger partial charge in [0.1, 0.15) is 17.3 Å². The summed E-state index contributed by atoms with van der Waals surface area (Å²) >= 11 is 5.90. The molecule has 0 unspecified atom stereocenters. The van der Waals surface area contributed by atoms with E-state index in [2.05, 4.69) is 26.0 Å². The van der Waals surface area contributed by atoms with E-state index in [-0.39, 0.29) is 0 Å². The van der Waals surface area contributed by atoms with Gasteiger partial charge in [-0.1, -0.05) is 22.7 Å². The van der Waals surface area contributed by atoms with E-state index >= 15 is 0 Å². The van der Waals surface area contributed by atoms with E-state index in [1.54, 1.807) is 36.7 Å². The van der Waals surface area contributed by atoms with Gasteiger partial charge in [-0.05, 0) is 38.1 Å². The first-order valence-corrected chi connectivity index (χ1v) is 8.52. The summed E-state index contributed by atoms with van der Waals surface area (Å²) < 4.78 is 11.3. The van der Waals surface area contributed by atoms with Crippen molar-refractivity contribution in [2.75, 3.05) is 18.5 Å². The van der Waals surface area contributed by atoms with Crippen LogP contribution >= 0.6 is 11.6 Å². The molecule has 3 rings (SSSR count). The summed E-state index contributed by atoms with van der Waals surface area (Å²) in [5.41, 5.74) is -0.343. The summed E-state index contributed by atoms with van der Waals surface area (Å²) in [6, 6.07) is 7.05. The molecular formula is C19H18ClN5O2. The van der Waals surface area contributed by atoms with Crippen LogP contribution in [0.3, 0.4) is 0 Å². The van der Waals surface area contributed by atoms with E-state index < -0.39 is 5.60 Å². The first-order valence-electron chi connectivity index (χ1n) is 8.15. The molecule has 2 heterocycles. The van der Waals surface area contributed by atoms with Gasteiger partial charge < -0.3 is 14.2 Å². The number of hydrogen-bond acceptors (Lipinski definition) is 7. The molecule has 0 amide bonds. The third-order valence-corrected chi connectivity index (χ3v) is 3.97. The molecule has 0 aliphatic carbocycles. The van der Waals surface area contributed by atoms with Crippen LogP contribution in [0.25, 0.3) is 11.5 Å². The Kier molecular flexibility index (Phi) is 5.28. The summed E-state index contributed by atoms with van der Waals surface area (Å²) in [5, 5.41) is 4.62. The van der Waals surface area contributed by atoms with Gasteiger partial charge in [-0.25, -0.2) is 9.97 Å². The molecular weight excluding hydrogens is 366 g/mol. The molecule has 138 valence electrons. The molecule has 8 heteroatoms. The molecule has 7 nitrogen and oxygen atoms in total. The molecule has 0 aliphatic heterocycles. The maximum Gasteiger partial charge on any atom is 0.270 e. The Hall–Kier alpha value is -3.11. The van der Waals surface area contributed by atoms with Gasteiger partial charge in [-0.15, -0.1) is 6.42 Å². The fourth-order valence-electron chi connectivity index (χ4n) is 2.26. The minimum Gasteiger partial charge on any atom is -0.478 e. The van der Waals surface area contributed by atoms with E-state index in [9.17, 15) is 0 Å². The van der Waals surface area contributed by atoms with Crippen molar-refractivity contribution in [2.45, 2.75) is 19.4 Å². The van der Waals surface area contributed by atoms with Crippen LogP contribution in [0.2, 0.25) is 5.02 Å². The predicted octanol–water partition coefficient (Wildman–Crippen LogP) is 3.56. The summed E-state index contributed by atoms with van der Waals surface area (Å²) in [7, 11) is 1.84. The van der Waals surface area contributed by atoms with Crippen LogP contribution < -0.4 is 9.64 Å². The smallest absolute Gasteiger partial charge is 0.270 e. The van der Waals surface area contributed by atoms with Crippen LogP contribution in [-0.4, -0.2) is 33.7 Å². The second-order valence-electron chi connectivity index (χ2n) is 6.31. The highest BCUT2D eigenvalue weighted by Crippen LogP contribution is 2.28. The molecule has 2 aromatic heterocycles. The van der Waals surface area contributed by atoms with Crippen LogP contribution in [0.5, 0.6) is 5.75 Å². The highest BCUT2D eigenvalue weighted by Gasteiger charge is 2.30. The van der Waals surface area contributed by atoms with Crippen molar-refractivity contribution in [2.24, 2.45) is 0 Å². The topological polar surface area (TPSA) is 77.2 Å². The molecule has 27 heavy (non-hydrogen) atoms. The van der Waals surface area contributed by atoms with Crippen LogP contribution in [0.15, 0.2) is 41.2 Å². The van der Waals surface area contributed by atoms with Gasteiger partial charge >= 0.3 is 0 Å². The predicted molar refractivity (Wildman–Crippen MR) is 103 cm³/mol. The first kappa shape index (κ1) is 18.7. The van der Waals surface area contributed by atoms with E-state index in [1.807, 2.05) is 25.8 Å². The Morgan fingerprint density at radius 1 is 1.22 bits per heavy atom. The standard InChI is InChI=1S/C19H18ClN5O2/c1-5-10-25(4)16-12-21-15(11-22-16)17-23-18(27-24-17)19(2,3)26-14-8-6-13(20)7-9-14/h1,6-9,11-12H,10H2,2-4H3. The number of benzene rings is 1. The highest BCUT2D eigenvalue weighted by atomic mass is 35.5. The van der Waals surface area contributed by atoms with E-state index in [1.165, 1.54) is 0 Å². The maximum absolute atomic E-state index is 5.95. The summed E-state index contributed by atoms with van der Waals surface area (Å²) in [4.78, 5) is 14.9. The third kappa shape index (κ3) is 4.36. The zero-order chi connectivity index (χ0) is 19.4. The Bertz CT molecular complexity index is 945. The van der Waals surface area contributed by atoms with Crippen molar-refractivity contribution in [3.8, 4) is 29.6 Å². The normalized spacial score (nSPS) is 11.1. The van der Waals surface area contributed by atoms with Gasteiger partial charge in [0.15, 0.2) is 5.60 Å². The minimum absolute atomic E-state index is 0.322. The Morgan fingerprint density at radius 2 is 1.96 bits per heavy atom. The lowest BCUT2D eigenvalue weighted by Crippen LogP contribution is -2.25. The van der Waals surface area contributed by atoms with Gasteiger partial charge in [-0.3, -0.25) is 0 Å². The number of rotatable bonds is 6. The fraction of sp³-hybridized carbons (Fsp3) is 0.263. The summed E-state index contributed by atoms with van der Waals surface area (Å²) in [6.45, 7) is 4.11. The van der Waals surface area contributed by atoms with Crippen LogP contribution in [0.4, 0.5) is 5.82 Å². The van der Waals surface area contributed by atoms with Gasteiger partial charge in [0, 0.05) is 12.1 Å². The molecule has 0 fully saturated rings. The molecule has 0 bridgehead atoms. The molecule has 0 atom stereocenters. The first-order chi connectivity index (χ1) is 12.9. The molecule has 1 aromatic carbocycles. The molecule has 0 spiro atoms. The van der Waals surface area contributed by atoms with E-state index in [0.29, 0.717) is 40.5 Å². The molecule has 0 saturated carbocycles. The lowest BCUT2D eigenvalue weighted by molar-refractivity contribution is 0.0692. The number of halogens is 1. The van der Waals surface area contributed by atoms with Gasteiger partial charge in [0.05, 0.1) is 18.9 Å². The van der Waals surface area contributed by atoms with Crippen LogP contribution in [-0.2, 0) is 5.60 Å². The fourth-order valence-corrected chi connectivity index (χ4v) is 2.39. The van der Waals surface area contributed by atoms with Crippen molar-refractivity contribution >= 4 is 17.4 Å². The molecule has 0 aliphatic rings. The second kappa shape index (κ2) is 7.64. The van der Waals surface area contributed by atoms with Gasteiger partial charge in [-0.2, -0.15) is 4.98 Å². The minimum atomic E-state index is -0.834. The molecule has 0 N–H and O–H groups in total. The average Bonchev–Trinajstić information content (AvgIpc) is 3.15. The third-order valence-electron chi connectivity index (χ3n) is 3.71. The number of terminal acetylenes is 1. The zero-order valence-corrected chi connectivity index (χ0v) is 15.9. The summed E-state index contributed by atoms with van der Waals surface area (Å²) in [5.74, 6) is 4.51. The largest absolute Gasteiger partial charge is 0.478 e. The molecule has 0 saturated heterocycles. The average molecular weight is 384 g/mol. The van der Waals surface area contributed by atoms with Crippen molar-refractivity contribution in [1.29, 1.82) is 0 Å². The number of anilines is 1. The number of hydrogen-bond donors (Lipinski definition) is 0. The van der Waals surface area contributed by atoms with Crippen LogP contribution in [0, 0.1) is 12.3 Å². The second-order valence-corrected chi connectivity index (χ2v) is 6.75. The lowest BCUT2D eigenvalue weighted by atomic mass is 10.1. The monoisotopic (exact) mass is 383 g/mol. The Balaban J connectivity index is 1.77. The summed E-state index contributed by atoms with van der Waals surface area (Å²) in [6.07, 6.45) is 8.49. The highest BCUT2D eigenvalue weighted by molar-refractivity contribution is 6.30. The SMILES string of the molecule is C#CCN(C)c1cnc(-c2noc(C(C)(C)Oc3ccc(Cl)cc3)n2)cn1. The van der Waals surface area contributed by atoms with Crippen molar-refractivity contribution < 1.29 is 9.26 Å². The lowest BCUT2D eigenvalue weighted by Gasteiger charge is -2.22. The van der Waals surface area contributed by atoms with Crippen molar-refractivity contribution in [3.63, 3.8) is 0 Å². The van der Waals surface area contributed by atoms with E-state index in [0.717, 1.165) is 0 Å². The quantitative estimate of drug-likeness (QED) is 0.602. The number of nitrogens with zero attached hydrogens (tertiary/aromatic N) is 5. The molecule has 0 radical (unpaired) electrons. The maximum atomic E-state index is 5.95. The van der Waals surface area contributed by atoms with Crippen molar-refractivity contribution in [1.82, 2.24) is 20.1 Å². The van der Waals surface area contributed by atoms with E-state index in [4.69, 9.17) is 27.3 Å². The van der Waals surface area contributed by atoms with Crippen molar-refractivity contribution in [3.05, 3.63) is 47.6 Å². The zero-order valence-electron chi connectivity index (χ0n) is 15.2. The van der Waals surface area contributed by atoms with Gasteiger partial charge in [0.25, 0.3) is 5.89 Å². The number of ether oxygens (including phenoxy) is 1. The number of aromatic nitrogens is 4. The molecule has 3 aromatic rings. The van der Waals surface area contributed by atoms with Gasteiger partial charge in [0.2, 0.25) is 5.82 Å².